The third-order valence-corrected chi connectivity index (χ3v) is 2.95. The maximum Gasteiger partial charge on any atom is 0.306 e. The van der Waals surface area contributed by atoms with Crippen molar-refractivity contribution in [2.24, 2.45) is 5.92 Å². The summed E-state index contributed by atoms with van der Waals surface area (Å²) in [6.45, 7) is 3.87. The zero-order chi connectivity index (χ0) is 12.8. The van der Waals surface area contributed by atoms with Gasteiger partial charge in [-0.3, -0.25) is 9.59 Å². The van der Waals surface area contributed by atoms with Crippen molar-refractivity contribution in [1.29, 1.82) is 0 Å². The fourth-order valence-electron chi connectivity index (χ4n) is 1.85. The summed E-state index contributed by atoms with van der Waals surface area (Å²) in [6, 6.07) is 0. The van der Waals surface area contributed by atoms with E-state index in [0.717, 1.165) is 6.42 Å². The van der Waals surface area contributed by atoms with Crippen LogP contribution in [-0.4, -0.2) is 29.1 Å². The first kappa shape index (κ1) is 13.9. The number of carbonyl (C=O) groups excluding carboxylic acids is 2. The molecule has 0 amide bonds. The van der Waals surface area contributed by atoms with E-state index in [0.29, 0.717) is 19.3 Å². The SMILES string of the molecule is CCCC(O)C(=O)/C=C/C[C@@H]1OC(=O)C[C@H]1C. The van der Waals surface area contributed by atoms with E-state index in [1.165, 1.54) is 6.08 Å². The summed E-state index contributed by atoms with van der Waals surface area (Å²) >= 11 is 0. The van der Waals surface area contributed by atoms with Crippen LogP contribution in [0, 0.1) is 5.92 Å². The van der Waals surface area contributed by atoms with Gasteiger partial charge in [-0.2, -0.15) is 0 Å². The molecule has 1 aliphatic heterocycles. The normalized spacial score (nSPS) is 26.2. The zero-order valence-electron chi connectivity index (χ0n) is 10.4. The predicted molar refractivity (Wildman–Crippen MR) is 63.3 cm³/mol. The summed E-state index contributed by atoms with van der Waals surface area (Å²) in [7, 11) is 0. The minimum atomic E-state index is -0.903. The van der Waals surface area contributed by atoms with Crippen LogP contribution >= 0.6 is 0 Å². The molecule has 4 nitrogen and oxygen atoms in total. The van der Waals surface area contributed by atoms with Crippen molar-refractivity contribution in [3.8, 4) is 0 Å². The molecule has 0 saturated carbocycles. The standard InChI is InChI=1S/C13H20O4/c1-3-5-10(14)11(15)6-4-7-12-9(2)8-13(16)17-12/h4,6,9-10,12,14H,3,5,7-8H2,1-2H3/b6-4+/t9-,10?,12+/m1/s1. The van der Waals surface area contributed by atoms with E-state index in [1.54, 1.807) is 6.08 Å². The third-order valence-electron chi connectivity index (χ3n) is 2.95. The van der Waals surface area contributed by atoms with Crippen LogP contribution < -0.4 is 0 Å². The Morgan fingerprint density at radius 1 is 1.65 bits per heavy atom. The number of hydrogen-bond acceptors (Lipinski definition) is 4. The molecule has 1 unspecified atom stereocenters. The van der Waals surface area contributed by atoms with Crippen LogP contribution in [0.3, 0.4) is 0 Å². The lowest BCUT2D eigenvalue weighted by Crippen LogP contribution is -2.18. The summed E-state index contributed by atoms with van der Waals surface area (Å²) in [5, 5.41) is 9.42. The molecular formula is C13H20O4. The van der Waals surface area contributed by atoms with Gasteiger partial charge in [0.1, 0.15) is 12.2 Å². The van der Waals surface area contributed by atoms with Gasteiger partial charge in [-0.15, -0.1) is 0 Å². The van der Waals surface area contributed by atoms with Crippen LogP contribution in [-0.2, 0) is 14.3 Å². The van der Waals surface area contributed by atoms with Gasteiger partial charge in [0.15, 0.2) is 5.78 Å². The highest BCUT2D eigenvalue weighted by molar-refractivity contribution is 5.93. The third kappa shape index (κ3) is 4.30. The zero-order valence-corrected chi connectivity index (χ0v) is 10.4. The average Bonchev–Trinajstić information content (AvgIpc) is 2.57. The number of rotatable bonds is 6. The van der Waals surface area contributed by atoms with Gasteiger partial charge in [0.2, 0.25) is 0 Å². The lowest BCUT2D eigenvalue weighted by Gasteiger charge is -2.10. The molecule has 0 bridgehead atoms. The minimum Gasteiger partial charge on any atom is -0.462 e. The number of ketones is 1. The van der Waals surface area contributed by atoms with Crippen molar-refractivity contribution in [2.75, 3.05) is 0 Å². The Morgan fingerprint density at radius 2 is 2.35 bits per heavy atom. The van der Waals surface area contributed by atoms with Crippen molar-refractivity contribution in [2.45, 2.75) is 51.7 Å². The van der Waals surface area contributed by atoms with Crippen LogP contribution in [0.4, 0.5) is 0 Å². The Morgan fingerprint density at radius 3 is 2.88 bits per heavy atom. The summed E-state index contributed by atoms with van der Waals surface area (Å²) in [5.41, 5.74) is 0. The molecular weight excluding hydrogens is 220 g/mol. The predicted octanol–water partition coefficient (Wildman–Crippen LogP) is 1.61. The Kier molecular flexibility index (Phi) is 5.35. The number of esters is 1. The largest absolute Gasteiger partial charge is 0.462 e. The van der Waals surface area contributed by atoms with Gasteiger partial charge < -0.3 is 9.84 Å². The van der Waals surface area contributed by atoms with Gasteiger partial charge in [-0.05, 0) is 12.5 Å². The molecule has 1 aliphatic rings. The number of aliphatic hydroxyl groups is 1. The first-order valence-electron chi connectivity index (χ1n) is 6.12. The molecule has 4 heteroatoms. The highest BCUT2D eigenvalue weighted by Crippen LogP contribution is 2.24. The first-order valence-corrected chi connectivity index (χ1v) is 6.12. The fraction of sp³-hybridized carbons (Fsp3) is 0.692. The second-order valence-electron chi connectivity index (χ2n) is 4.55. The summed E-state index contributed by atoms with van der Waals surface area (Å²) in [5.74, 6) is -0.250. The second-order valence-corrected chi connectivity index (χ2v) is 4.55. The molecule has 17 heavy (non-hydrogen) atoms. The van der Waals surface area contributed by atoms with Gasteiger partial charge in [-0.1, -0.05) is 26.3 Å². The average molecular weight is 240 g/mol. The van der Waals surface area contributed by atoms with Crippen molar-refractivity contribution < 1.29 is 19.4 Å². The maximum atomic E-state index is 11.4. The van der Waals surface area contributed by atoms with Gasteiger partial charge in [0.05, 0.1) is 6.42 Å². The molecule has 1 N–H and O–H groups in total. The van der Waals surface area contributed by atoms with Crippen molar-refractivity contribution in [3.63, 3.8) is 0 Å². The van der Waals surface area contributed by atoms with Gasteiger partial charge in [-0.25, -0.2) is 0 Å². The maximum absolute atomic E-state index is 11.4. The summed E-state index contributed by atoms with van der Waals surface area (Å²) in [4.78, 5) is 22.4. The number of ether oxygens (including phenoxy) is 1. The van der Waals surface area contributed by atoms with Crippen LogP contribution in [0.1, 0.15) is 39.5 Å². The first-order chi connectivity index (χ1) is 8.04. The van der Waals surface area contributed by atoms with Crippen molar-refractivity contribution in [3.05, 3.63) is 12.2 Å². The lowest BCUT2D eigenvalue weighted by molar-refractivity contribution is -0.141. The Balaban J connectivity index is 2.35. The molecule has 1 heterocycles. The molecule has 1 rings (SSSR count). The molecule has 0 aromatic carbocycles. The molecule has 96 valence electrons. The van der Waals surface area contributed by atoms with E-state index in [1.807, 2.05) is 13.8 Å². The Bertz CT molecular complexity index is 309. The highest BCUT2D eigenvalue weighted by Gasteiger charge is 2.30. The minimum absolute atomic E-state index is 0.130. The van der Waals surface area contributed by atoms with Crippen LogP contribution in [0.5, 0.6) is 0 Å². The van der Waals surface area contributed by atoms with E-state index in [9.17, 15) is 14.7 Å². The Hall–Kier alpha value is -1.16. The van der Waals surface area contributed by atoms with Crippen molar-refractivity contribution >= 4 is 11.8 Å². The van der Waals surface area contributed by atoms with E-state index in [-0.39, 0.29) is 23.8 Å². The Labute approximate surface area is 102 Å². The van der Waals surface area contributed by atoms with E-state index < -0.39 is 6.10 Å². The number of cyclic esters (lactones) is 1. The second kappa shape index (κ2) is 6.55. The number of carbonyl (C=O) groups is 2. The molecule has 0 aliphatic carbocycles. The fourth-order valence-corrected chi connectivity index (χ4v) is 1.85. The summed E-state index contributed by atoms with van der Waals surface area (Å²) in [6.07, 6.45) is 4.29. The monoisotopic (exact) mass is 240 g/mol. The topological polar surface area (TPSA) is 63.6 Å². The number of aliphatic hydroxyl groups excluding tert-OH is 1. The molecule has 1 fully saturated rings. The quantitative estimate of drug-likeness (QED) is 0.566. The van der Waals surface area contributed by atoms with Gasteiger partial charge >= 0.3 is 5.97 Å². The van der Waals surface area contributed by atoms with Crippen molar-refractivity contribution in [1.82, 2.24) is 0 Å². The molecule has 0 radical (unpaired) electrons. The van der Waals surface area contributed by atoms with Crippen LogP contribution in [0.2, 0.25) is 0 Å². The highest BCUT2D eigenvalue weighted by atomic mass is 16.5. The molecule has 0 aromatic rings. The number of hydrogen-bond donors (Lipinski definition) is 1. The van der Waals surface area contributed by atoms with E-state index in [2.05, 4.69) is 0 Å². The van der Waals surface area contributed by atoms with Gasteiger partial charge in [0.25, 0.3) is 0 Å². The van der Waals surface area contributed by atoms with E-state index in [4.69, 9.17) is 4.74 Å². The lowest BCUT2D eigenvalue weighted by atomic mass is 10.0. The van der Waals surface area contributed by atoms with Gasteiger partial charge in [0, 0.05) is 12.3 Å². The van der Waals surface area contributed by atoms with Crippen LogP contribution in [0.15, 0.2) is 12.2 Å². The molecule has 3 atom stereocenters. The van der Waals surface area contributed by atoms with E-state index >= 15 is 0 Å². The molecule has 0 spiro atoms. The molecule has 1 saturated heterocycles. The molecule has 0 aromatic heterocycles. The van der Waals surface area contributed by atoms with Crippen LogP contribution in [0.25, 0.3) is 0 Å². The summed E-state index contributed by atoms with van der Waals surface area (Å²) < 4.78 is 5.10. The smallest absolute Gasteiger partial charge is 0.306 e.